The molecule has 1 aromatic rings. The number of hydrogen-bond acceptors (Lipinski definition) is 3. The molecule has 0 radical (unpaired) electrons. The van der Waals surface area contributed by atoms with E-state index in [9.17, 15) is 4.79 Å². The van der Waals surface area contributed by atoms with Gasteiger partial charge in [0.05, 0.1) is 5.71 Å². The van der Waals surface area contributed by atoms with E-state index in [1.165, 1.54) is 0 Å². The van der Waals surface area contributed by atoms with E-state index in [1.807, 2.05) is 45.9 Å². The Morgan fingerprint density at radius 3 is 2.83 bits per heavy atom. The van der Waals surface area contributed by atoms with Crippen molar-refractivity contribution >= 4 is 11.6 Å². The van der Waals surface area contributed by atoms with Crippen molar-refractivity contribution in [1.29, 1.82) is 0 Å². The average molecular weight is 326 g/mol. The molecule has 4 nitrogen and oxygen atoms in total. The lowest BCUT2D eigenvalue weighted by Gasteiger charge is -2.22. The zero-order valence-electron chi connectivity index (χ0n) is 15.0. The van der Waals surface area contributed by atoms with Crippen LogP contribution in [0.1, 0.15) is 37.8 Å². The molecule has 0 saturated carbocycles. The van der Waals surface area contributed by atoms with Gasteiger partial charge in [-0.2, -0.15) is 5.10 Å². The van der Waals surface area contributed by atoms with E-state index >= 15 is 0 Å². The van der Waals surface area contributed by atoms with Gasteiger partial charge in [0, 0.05) is 0 Å². The maximum Gasteiger partial charge on any atom is 0.277 e. The maximum atomic E-state index is 12.0. The summed E-state index contributed by atoms with van der Waals surface area (Å²) in [5, 5.41) is 4.28. The summed E-state index contributed by atoms with van der Waals surface area (Å²) in [7, 11) is 0. The zero-order chi connectivity index (χ0) is 17.7. The van der Waals surface area contributed by atoms with Gasteiger partial charge in [-0.05, 0) is 69.2 Å². The summed E-state index contributed by atoms with van der Waals surface area (Å²) in [5.74, 6) is 0.873. The van der Waals surface area contributed by atoms with Crippen LogP contribution < -0.4 is 10.2 Å². The number of nitrogens with zero attached hydrogens (tertiary/aromatic N) is 1. The molecule has 4 heteroatoms. The fourth-order valence-electron chi connectivity index (χ4n) is 2.61. The number of carbonyl (C=O) groups is 1. The van der Waals surface area contributed by atoms with Crippen molar-refractivity contribution in [2.24, 2.45) is 11.0 Å². The van der Waals surface area contributed by atoms with Crippen LogP contribution in [0, 0.1) is 19.8 Å². The number of benzene rings is 1. The van der Waals surface area contributed by atoms with Gasteiger partial charge >= 0.3 is 0 Å². The summed E-state index contributed by atoms with van der Waals surface area (Å²) in [5.41, 5.74) is 7.96. The number of carbonyl (C=O) groups excluding carboxylic acids is 1. The van der Waals surface area contributed by atoms with Crippen molar-refractivity contribution < 1.29 is 9.53 Å². The second kappa shape index (κ2) is 7.95. The Labute approximate surface area is 144 Å². The highest BCUT2D eigenvalue weighted by atomic mass is 16.5. The Morgan fingerprint density at radius 1 is 1.38 bits per heavy atom. The minimum absolute atomic E-state index is 0.0479. The Kier molecular flexibility index (Phi) is 5.96. The molecule has 1 amide bonds. The zero-order valence-corrected chi connectivity index (χ0v) is 15.0. The quantitative estimate of drug-likeness (QED) is 0.654. The molecule has 1 N–H and O–H groups in total. The predicted octanol–water partition coefficient (Wildman–Crippen LogP) is 4.09. The van der Waals surface area contributed by atoms with Crippen molar-refractivity contribution in [2.75, 3.05) is 6.61 Å². The number of hydrazone groups is 1. The molecule has 2 rings (SSSR count). The van der Waals surface area contributed by atoms with Crippen LogP contribution in [0.4, 0.5) is 0 Å². The number of nitrogens with one attached hydrogen (secondary N) is 1. The fourth-order valence-corrected chi connectivity index (χ4v) is 2.61. The number of allylic oxidation sites excluding steroid dienone is 3. The third-order valence-corrected chi connectivity index (χ3v) is 4.53. The van der Waals surface area contributed by atoms with Crippen molar-refractivity contribution in [1.82, 2.24) is 5.43 Å². The predicted molar refractivity (Wildman–Crippen MR) is 98.3 cm³/mol. The Balaban J connectivity index is 1.92. The number of ether oxygens (including phenoxy) is 1. The van der Waals surface area contributed by atoms with Crippen LogP contribution in [0.25, 0.3) is 0 Å². The Bertz CT molecular complexity index is 702. The highest BCUT2D eigenvalue weighted by Crippen LogP contribution is 2.26. The monoisotopic (exact) mass is 326 g/mol. The summed E-state index contributed by atoms with van der Waals surface area (Å²) < 4.78 is 5.60. The van der Waals surface area contributed by atoms with Crippen LogP contribution in [0.5, 0.6) is 5.75 Å². The largest absolute Gasteiger partial charge is 0.483 e. The number of hydrogen-bond donors (Lipinski definition) is 1. The fraction of sp³-hybridized carbons (Fsp3) is 0.400. The highest BCUT2D eigenvalue weighted by Gasteiger charge is 2.18. The molecule has 0 spiro atoms. The van der Waals surface area contributed by atoms with Gasteiger partial charge in [0.15, 0.2) is 6.61 Å². The minimum atomic E-state index is -0.256. The molecule has 128 valence electrons. The lowest BCUT2D eigenvalue weighted by molar-refractivity contribution is -0.123. The molecule has 0 aliphatic heterocycles. The van der Waals surface area contributed by atoms with E-state index in [-0.39, 0.29) is 12.5 Å². The van der Waals surface area contributed by atoms with Crippen molar-refractivity contribution in [3.05, 3.63) is 53.1 Å². The van der Waals surface area contributed by atoms with Crippen LogP contribution in [-0.2, 0) is 4.79 Å². The third kappa shape index (κ3) is 4.57. The van der Waals surface area contributed by atoms with Crippen LogP contribution in [0.3, 0.4) is 0 Å². The molecule has 0 aromatic heterocycles. The molecule has 0 heterocycles. The van der Waals surface area contributed by atoms with E-state index in [0.717, 1.165) is 46.6 Å². The van der Waals surface area contributed by atoms with E-state index < -0.39 is 0 Å². The smallest absolute Gasteiger partial charge is 0.277 e. The number of rotatable bonds is 5. The highest BCUT2D eigenvalue weighted by molar-refractivity contribution is 6.01. The Hall–Kier alpha value is -2.36. The van der Waals surface area contributed by atoms with Crippen molar-refractivity contribution in [3.8, 4) is 5.75 Å². The summed E-state index contributed by atoms with van der Waals surface area (Å²) in [6, 6.07) is 5.81. The van der Waals surface area contributed by atoms with Crippen molar-refractivity contribution in [2.45, 2.75) is 40.5 Å². The molecular weight excluding hydrogens is 300 g/mol. The van der Waals surface area contributed by atoms with Crippen molar-refractivity contribution in [3.63, 3.8) is 0 Å². The number of amides is 1. The first-order valence-electron chi connectivity index (χ1n) is 8.25. The lowest BCUT2D eigenvalue weighted by Crippen LogP contribution is -2.27. The maximum absolute atomic E-state index is 12.0. The minimum Gasteiger partial charge on any atom is -0.483 e. The van der Waals surface area contributed by atoms with E-state index in [1.54, 1.807) is 0 Å². The van der Waals surface area contributed by atoms with Gasteiger partial charge in [-0.1, -0.05) is 30.4 Å². The molecule has 24 heavy (non-hydrogen) atoms. The SMILES string of the molecule is C=C(C)C1CC=C(C)/C(=N\NC(=O)COc2cccc(C)c2C)C1. The van der Waals surface area contributed by atoms with E-state index in [2.05, 4.69) is 23.2 Å². The average Bonchev–Trinajstić information content (AvgIpc) is 2.55. The van der Waals surface area contributed by atoms with E-state index in [0.29, 0.717) is 5.92 Å². The first kappa shape index (κ1) is 18.0. The first-order chi connectivity index (χ1) is 11.4. The van der Waals surface area contributed by atoms with Gasteiger partial charge in [-0.25, -0.2) is 5.43 Å². The summed E-state index contributed by atoms with van der Waals surface area (Å²) in [4.78, 5) is 12.0. The summed E-state index contributed by atoms with van der Waals surface area (Å²) >= 11 is 0. The van der Waals surface area contributed by atoms with Crippen LogP contribution in [0.2, 0.25) is 0 Å². The molecule has 1 aliphatic rings. The van der Waals surface area contributed by atoms with Gasteiger partial charge in [0.1, 0.15) is 5.75 Å². The molecule has 1 unspecified atom stereocenters. The molecule has 1 aliphatic carbocycles. The molecule has 1 aromatic carbocycles. The Morgan fingerprint density at radius 2 is 2.12 bits per heavy atom. The second-order valence-corrected chi connectivity index (χ2v) is 6.45. The molecule has 0 fully saturated rings. The molecule has 1 atom stereocenters. The van der Waals surface area contributed by atoms with Gasteiger partial charge in [0.25, 0.3) is 5.91 Å². The van der Waals surface area contributed by atoms with Crippen LogP contribution in [-0.4, -0.2) is 18.2 Å². The third-order valence-electron chi connectivity index (χ3n) is 4.53. The van der Waals surface area contributed by atoms with E-state index in [4.69, 9.17) is 4.74 Å². The molecular formula is C20H26N2O2. The lowest BCUT2D eigenvalue weighted by atomic mass is 9.85. The molecule has 0 bridgehead atoms. The summed E-state index contributed by atoms with van der Waals surface area (Å²) in [6.07, 6.45) is 3.96. The molecule has 0 saturated heterocycles. The van der Waals surface area contributed by atoms with Gasteiger partial charge in [-0.3, -0.25) is 4.79 Å². The topological polar surface area (TPSA) is 50.7 Å². The first-order valence-corrected chi connectivity index (χ1v) is 8.25. The van der Waals surface area contributed by atoms with Crippen LogP contribution >= 0.6 is 0 Å². The van der Waals surface area contributed by atoms with Gasteiger partial charge in [-0.15, -0.1) is 0 Å². The summed E-state index contributed by atoms with van der Waals surface area (Å²) in [6.45, 7) is 12.0. The van der Waals surface area contributed by atoms with Gasteiger partial charge < -0.3 is 4.74 Å². The second-order valence-electron chi connectivity index (χ2n) is 6.45. The van der Waals surface area contributed by atoms with Gasteiger partial charge in [0.2, 0.25) is 0 Å². The number of aryl methyl sites for hydroxylation is 1. The normalized spacial score (nSPS) is 18.9. The van der Waals surface area contributed by atoms with Crippen LogP contribution in [0.15, 0.2) is 47.1 Å². The standard InChI is InChI=1S/C20H26N2O2/c1-13(2)17-10-9-15(4)18(11-17)21-22-20(23)12-24-19-8-6-7-14(3)16(19)5/h6-9,17H,1,10-12H2,2-5H3,(H,22,23)/b21-18-.